The monoisotopic (exact) mass is 625 g/mol. The highest BCUT2D eigenvalue weighted by Gasteiger charge is 2.15. The second-order valence-electron chi connectivity index (χ2n) is 12.5. The Kier molecular flexibility index (Phi) is 6.15. The second kappa shape index (κ2) is 11.0. The summed E-state index contributed by atoms with van der Waals surface area (Å²) in [6.07, 6.45) is 3.79. The number of para-hydroxylation sites is 2. The van der Waals surface area contributed by atoms with Gasteiger partial charge in [-0.2, -0.15) is 0 Å². The van der Waals surface area contributed by atoms with Crippen LogP contribution < -0.4 is 0 Å². The zero-order chi connectivity index (χ0) is 32.3. The molecule has 0 atom stereocenters. The molecular formula is C45H27N3O. The molecule has 0 spiro atoms. The summed E-state index contributed by atoms with van der Waals surface area (Å²) in [5, 5.41) is 5.49. The number of hydrogen-bond acceptors (Lipinski definition) is 4. The van der Waals surface area contributed by atoms with Crippen molar-refractivity contribution in [2.75, 3.05) is 0 Å². The van der Waals surface area contributed by atoms with E-state index in [2.05, 4.69) is 138 Å². The Morgan fingerprint density at radius 3 is 2.06 bits per heavy atom. The minimum Gasteiger partial charge on any atom is -0.456 e. The molecule has 4 nitrogen and oxygen atoms in total. The van der Waals surface area contributed by atoms with Gasteiger partial charge in [-0.1, -0.05) is 91.0 Å². The van der Waals surface area contributed by atoms with E-state index in [1.54, 1.807) is 0 Å². The molecule has 10 rings (SSSR count). The normalized spacial score (nSPS) is 11.7. The number of nitrogens with zero attached hydrogens (tertiary/aromatic N) is 3. The number of rotatable bonds is 4. The predicted octanol–water partition coefficient (Wildman–Crippen LogP) is 11.9. The van der Waals surface area contributed by atoms with Gasteiger partial charge in [0, 0.05) is 50.5 Å². The van der Waals surface area contributed by atoms with E-state index in [1.807, 2.05) is 30.6 Å². The summed E-state index contributed by atoms with van der Waals surface area (Å²) in [5.41, 5.74) is 13.0. The maximum atomic E-state index is 6.31. The average molecular weight is 626 g/mol. The quantitative estimate of drug-likeness (QED) is 0.183. The van der Waals surface area contributed by atoms with Crippen LogP contribution in [0.3, 0.4) is 0 Å². The Balaban J connectivity index is 1.20. The molecule has 0 bridgehead atoms. The first-order chi connectivity index (χ1) is 24.2. The van der Waals surface area contributed by atoms with Gasteiger partial charge in [0.25, 0.3) is 0 Å². The molecule has 4 heterocycles. The van der Waals surface area contributed by atoms with Crippen LogP contribution in [0.1, 0.15) is 0 Å². The summed E-state index contributed by atoms with van der Waals surface area (Å²) in [6, 6.07) is 53.1. The third-order valence-corrected chi connectivity index (χ3v) is 9.50. The number of hydrogen-bond donors (Lipinski definition) is 0. The van der Waals surface area contributed by atoms with E-state index >= 15 is 0 Å². The summed E-state index contributed by atoms with van der Waals surface area (Å²) in [4.78, 5) is 14.8. The second-order valence-corrected chi connectivity index (χ2v) is 12.5. The molecule has 0 saturated carbocycles. The van der Waals surface area contributed by atoms with Crippen LogP contribution in [0.2, 0.25) is 0 Å². The van der Waals surface area contributed by atoms with Crippen molar-refractivity contribution in [2.24, 2.45) is 0 Å². The van der Waals surface area contributed by atoms with Crippen molar-refractivity contribution >= 4 is 54.6 Å². The fourth-order valence-electron chi connectivity index (χ4n) is 7.09. The summed E-state index contributed by atoms with van der Waals surface area (Å²) in [5.74, 6) is 0. The lowest BCUT2D eigenvalue weighted by Gasteiger charge is -2.14. The molecule has 0 fully saturated rings. The SMILES string of the molecule is c1ccc(-c2cc(-c3cc(-c4cnc5c(ccc6cccnc65)c4)cc(-c4ccc5c(c4)oc4ccccc45)c3)nc3ccccc23)cc1. The first kappa shape index (κ1) is 27.5. The number of benzene rings is 6. The molecule has 0 unspecified atom stereocenters. The molecule has 4 aromatic heterocycles. The lowest BCUT2D eigenvalue weighted by Crippen LogP contribution is -1.92. The van der Waals surface area contributed by atoms with E-state index in [0.29, 0.717) is 0 Å². The van der Waals surface area contributed by atoms with Gasteiger partial charge >= 0.3 is 0 Å². The van der Waals surface area contributed by atoms with Crippen LogP contribution >= 0.6 is 0 Å². The van der Waals surface area contributed by atoms with Crippen LogP contribution in [0.5, 0.6) is 0 Å². The maximum absolute atomic E-state index is 6.31. The van der Waals surface area contributed by atoms with Crippen molar-refractivity contribution in [3.8, 4) is 44.6 Å². The predicted molar refractivity (Wildman–Crippen MR) is 201 cm³/mol. The van der Waals surface area contributed by atoms with Gasteiger partial charge in [-0.15, -0.1) is 0 Å². The highest BCUT2D eigenvalue weighted by molar-refractivity contribution is 6.06. The molecule has 228 valence electrons. The van der Waals surface area contributed by atoms with Crippen molar-refractivity contribution in [1.29, 1.82) is 0 Å². The third-order valence-electron chi connectivity index (χ3n) is 9.50. The standard InChI is InChI=1S/C45H27N3O/c1-2-9-28(10-3-1)39-26-41(48-40-14-6-4-12-36(39)40)34-23-32(30-18-19-38-37-13-5-7-15-42(37)49-43(38)25-30)22-33(24-34)35-21-31-17-16-29-11-8-20-46-44(29)45(31)47-27-35/h1-27H. The minimum atomic E-state index is 0.868. The first-order valence-electron chi connectivity index (χ1n) is 16.4. The molecule has 10 aromatic rings. The Labute approximate surface area is 282 Å². The molecule has 0 aliphatic rings. The molecule has 0 aliphatic carbocycles. The summed E-state index contributed by atoms with van der Waals surface area (Å²) < 4.78 is 6.31. The smallest absolute Gasteiger partial charge is 0.136 e. The van der Waals surface area contributed by atoms with Gasteiger partial charge in [0.05, 0.1) is 22.2 Å². The topological polar surface area (TPSA) is 51.8 Å². The van der Waals surface area contributed by atoms with Crippen molar-refractivity contribution in [2.45, 2.75) is 0 Å². The minimum absolute atomic E-state index is 0.868. The van der Waals surface area contributed by atoms with Gasteiger partial charge in [-0.3, -0.25) is 9.97 Å². The Bertz CT molecular complexity index is 2890. The summed E-state index contributed by atoms with van der Waals surface area (Å²) in [7, 11) is 0. The molecule has 0 amide bonds. The van der Waals surface area contributed by atoms with E-state index in [4.69, 9.17) is 14.4 Å². The van der Waals surface area contributed by atoms with E-state index in [9.17, 15) is 0 Å². The van der Waals surface area contributed by atoms with Crippen molar-refractivity contribution < 1.29 is 4.42 Å². The fraction of sp³-hybridized carbons (Fsp3) is 0. The lowest BCUT2D eigenvalue weighted by molar-refractivity contribution is 0.669. The molecule has 6 aromatic carbocycles. The van der Waals surface area contributed by atoms with Crippen LogP contribution in [0.4, 0.5) is 0 Å². The van der Waals surface area contributed by atoms with Crippen molar-refractivity contribution in [3.05, 3.63) is 164 Å². The molecule has 49 heavy (non-hydrogen) atoms. The molecule has 0 N–H and O–H groups in total. The number of pyridine rings is 3. The van der Waals surface area contributed by atoms with E-state index in [-0.39, 0.29) is 0 Å². The summed E-state index contributed by atoms with van der Waals surface area (Å²) in [6.45, 7) is 0. The summed E-state index contributed by atoms with van der Waals surface area (Å²) >= 11 is 0. The van der Waals surface area contributed by atoms with Crippen LogP contribution in [0.25, 0.3) is 99.3 Å². The highest BCUT2D eigenvalue weighted by Crippen LogP contribution is 2.38. The van der Waals surface area contributed by atoms with Crippen LogP contribution in [0, 0.1) is 0 Å². The number of fused-ring (bicyclic) bond motifs is 7. The Morgan fingerprint density at radius 1 is 0.408 bits per heavy atom. The van der Waals surface area contributed by atoms with Gasteiger partial charge < -0.3 is 4.42 Å². The van der Waals surface area contributed by atoms with Crippen LogP contribution in [-0.2, 0) is 0 Å². The van der Waals surface area contributed by atoms with Gasteiger partial charge in [0.2, 0.25) is 0 Å². The van der Waals surface area contributed by atoms with Crippen LogP contribution in [0.15, 0.2) is 168 Å². The lowest BCUT2D eigenvalue weighted by atomic mass is 9.93. The number of aromatic nitrogens is 3. The molecule has 0 aliphatic heterocycles. The largest absolute Gasteiger partial charge is 0.456 e. The van der Waals surface area contributed by atoms with E-state index in [0.717, 1.165) is 99.3 Å². The van der Waals surface area contributed by atoms with Crippen molar-refractivity contribution in [1.82, 2.24) is 15.0 Å². The maximum Gasteiger partial charge on any atom is 0.136 e. The van der Waals surface area contributed by atoms with Gasteiger partial charge in [-0.05, 0) is 88.5 Å². The molecular weight excluding hydrogens is 599 g/mol. The van der Waals surface area contributed by atoms with Gasteiger partial charge in [0.1, 0.15) is 11.2 Å². The molecule has 4 heteroatoms. The Hall–Kier alpha value is -6.65. The van der Waals surface area contributed by atoms with Crippen molar-refractivity contribution in [3.63, 3.8) is 0 Å². The first-order valence-corrected chi connectivity index (χ1v) is 16.4. The molecule has 0 radical (unpaired) electrons. The zero-order valence-electron chi connectivity index (χ0n) is 26.3. The number of furan rings is 1. The fourth-order valence-corrected chi connectivity index (χ4v) is 7.09. The third kappa shape index (κ3) is 4.65. The average Bonchev–Trinajstić information content (AvgIpc) is 3.55. The van der Waals surface area contributed by atoms with E-state index in [1.165, 1.54) is 0 Å². The van der Waals surface area contributed by atoms with E-state index < -0.39 is 0 Å². The van der Waals surface area contributed by atoms with Gasteiger partial charge in [-0.25, -0.2) is 4.98 Å². The Morgan fingerprint density at radius 2 is 1.14 bits per heavy atom. The van der Waals surface area contributed by atoms with Gasteiger partial charge in [0.15, 0.2) is 0 Å². The molecule has 0 saturated heterocycles. The van der Waals surface area contributed by atoms with Crippen LogP contribution in [-0.4, -0.2) is 15.0 Å². The highest BCUT2D eigenvalue weighted by atomic mass is 16.3. The zero-order valence-corrected chi connectivity index (χ0v) is 26.3.